The second-order valence-corrected chi connectivity index (χ2v) is 4.63. The van der Waals surface area contributed by atoms with Gasteiger partial charge in [-0.15, -0.1) is 0 Å². The normalized spacial score (nSPS) is 16.5. The zero-order valence-electron chi connectivity index (χ0n) is 11.8. The van der Waals surface area contributed by atoms with Gasteiger partial charge in [-0.25, -0.2) is 0 Å². The number of ether oxygens (including phenoxy) is 2. The van der Waals surface area contributed by atoms with Crippen molar-refractivity contribution in [3.8, 4) is 0 Å². The van der Waals surface area contributed by atoms with Crippen LogP contribution in [-0.2, 0) is 9.47 Å². The predicted molar refractivity (Wildman–Crippen MR) is 81.8 cm³/mol. The van der Waals surface area contributed by atoms with E-state index < -0.39 is 0 Å². The average molecular weight is 315 g/mol. The molecule has 3 heteroatoms. The summed E-state index contributed by atoms with van der Waals surface area (Å²) in [5.74, 6) is 0. The second kappa shape index (κ2) is 8.46. The van der Waals surface area contributed by atoms with E-state index in [1.54, 1.807) is 0 Å². The molecule has 0 N–H and O–H groups in total. The van der Waals surface area contributed by atoms with Crippen LogP contribution in [0, 0.1) is 0 Å². The van der Waals surface area contributed by atoms with E-state index in [2.05, 4.69) is 35.7 Å². The highest BCUT2D eigenvalue weighted by Gasteiger charge is 2.24. The highest BCUT2D eigenvalue weighted by atomic mass is 79.9. The minimum atomic E-state index is -0.344. The lowest BCUT2D eigenvalue weighted by Crippen LogP contribution is -2.14. The fourth-order valence-corrected chi connectivity index (χ4v) is 2.23. The largest absolute Gasteiger partial charge is 0.346 e. The van der Waals surface area contributed by atoms with Crippen molar-refractivity contribution in [2.24, 2.45) is 0 Å². The summed E-state index contributed by atoms with van der Waals surface area (Å²) < 4.78 is 11.8. The van der Waals surface area contributed by atoms with Gasteiger partial charge in [0.25, 0.3) is 0 Å². The zero-order chi connectivity index (χ0) is 14.3. The van der Waals surface area contributed by atoms with Gasteiger partial charge in [-0.05, 0) is 40.9 Å². The first-order valence-corrected chi connectivity index (χ1v) is 6.88. The lowest BCUT2D eigenvalue weighted by Gasteiger charge is -2.18. The molecule has 0 radical (unpaired) electrons. The molecule has 1 fully saturated rings. The molecule has 1 saturated heterocycles. The first-order valence-electron chi connectivity index (χ1n) is 6.09. The molecular weight excluding hydrogens is 292 g/mol. The van der Waals surface area contributed by atoms with E-state index in [1.165, 1.54) is 0 Å². The Morgan fingerprint density at radius 3 is 1.78 bits per heavy atom. The third kappa shape index (κ3) is 4.56. The molecule has 0 bridgehead atoms. The molecule has 102 valence electrons. The molecule has 2 nitrogen and oxygen atoms in total. The molecule has 0 saturated carbocycles. The van der Waals surface area contributed by atoms with Crippen molar-refractivity contribution in [1.82, 2.24) is 0 Å². The van der Waals surface area contributed by atoms with Crippen LogP contribution >= 0.6 is 15.9 Å². The van der Waals surface area contributed by atoms with Crippen molar-refractivity contribution in [1.29, 1.82) is 0 Å². The molecular formula is C15H23BrO2. The number of allylic oxidation sites excluding steroid dienone is 3. The number of hydrogen-bond acceptors (Lipinski definition) is 2. The van der Waals surface area contributed by atoms with Crippen molar-refractivity contribution in [2.75, 3.05) is 13.2 Å². The molecule has 1 aliphatic rings. The molecule has 0 aromatic heterocycles. The van der Waals surface area contributed by atoms with Gasteiger partial charge in [0.15, 0.2) is 6.29 Å². The van der Waals surface area contributed by atoms with E-state index in [4.69, 9.17) is 9.47 Å². The van der Waals surface area contributed by atoms with E-state index in [1.807, 2.05) is 27.7 Å². The Labute approximate surface area is 119 Å². The van der Waals surface area contributed by atoms with Gasteiger partial charge >= 0.3 is 0 Å². The second-order valence-electron chi connectivity index (χ2n) is 3.84. The lowest BCUT2D eigenvalue weighted by atomic mass is 10.0. The van der Waals surface area contributed by atoms with E-state index >= 15 is 0 Å². The summed E-state index contributed by atoms with van der Waals surface area (Å²) in [7, 11) is 0. The molecule has 0 aromatic carbocycles. The summed E-state index contributed by atoms with van der Waals surface area (Å²) in [6, 6.07) is 0. The van der Waals surface area contributed by atoms with Gasteiger partial charge in [-0.2, -0.15) is 0 Å². The predicted octanol–water partition coefficient (Wildman–Crippen LogP) is 4.74. The smallest absolute Gasteiger partial charge is 0.185 e. The van der Waals surface area contributed by atoms with Crippen LogP contribution in [0.1, 0.15) is 27.7 Å². The first-order chi connectivity index (χ1) is 8.45. The number of rotatable bonds is 4. The van der Waals surface area contributed by atoms with Gasteiger partial charge in [0.1, 0.15) is 0 Å². The van der Waals surface area contributed by atoms with Gasteiger partial charge in [0.05, 0.1) is 13.2 Å². The Balaban J connectivity index is 0.00000137. The average Bonchev–Trinajstić information content (AvgIpc) is 2.83. The zero-order valence-corrected chi connectivity index (χ0v) is 13.4. The van der Waals surface area contributed by atoms with Gasteiger partial charge in [-0.1, -0.05) is 39.2 Å². The van der Waals surface area contributed by atoms with Crippen LogP contribution in [0.25, 0.3) is 0 Å². The van der Waals surface area contributed by atoms with Crippen LogP contribution in [0.2, 0.25) is 0 Å². The standard InChI is InChI=1S/C13H17BrO2.C2H6/c1-8(2)10(5)12(14)11(9(3)4)13-15-6-7-16-13;1-2/h13H,1,3,5-7H2,2,4H3;1-2H3/b12-11-;. The van der Waals surface area contributed by atoms with Crippen LogP contribution in [0.5, 0.6) is 0 Å². The molecule has 0 spiro atoms. The number of halogens is 1. The van der Waals surface area contributed by atoms with Crippen molar-refractivity contribution in [2.45, 2.75) is 34.0 Å². The van der Waals surface area contributed by atoms with Gasteiger partial charge in [-0.3, -0.25) is 0 Å². The SMILES string of the molecule is C=C(C)C(=C)/C(Br)=C(\C(=C)C)C1OCCO1.CC. The summed E-state index contributed by atoms with van der Waals surface area (Å²) in [5, 5.41) is 0. The molecule has 0 amide bonds. The number of hydrogen-bond donors (Lipinski definition) is 0. The Morgan fingerprint density at radius 2 is 1.44 bits per heavy atom. The summed E-state index contributed by atoms with van der Waals surface area (Å²) in [5.41, 5.74) is 3.56. The topological polar surface area (TPSA) is 18.5 Å². The summed E-state index contributed by atoms with van der Waals surface area (Å²) >= 11 is 3.52. The molecule has 0 unspecified atom stereocenters. The Kier molecular flexibility index (Phi) is 8.16. The minimum Gasteiger partial charge on any atom is -0.346 e. The van der Waals surface area contributed by atoms with Crippen LogP contribution < -0.4 is 0 Å². The molecule has 0 atom stereocenters. The summed E-state index contributed by atoms with van der Waals surface area (Å²) in [6.45, 7) is 20.8. The van der Waals surface area contributed by atoms with Crippen molar-refractivity contribution in [3.63, 3.8) is 0 Å². The molecule has 0 aromatic rings. The Morgan fingerprint density at radius 1 is 1.00 bits per heavy atom. The van der Waals surface area contributed by atoms with E-state index in [-0.39, 0.29) is 6.29 Å². The highest BCUT2D eigenvalue weighted by Crippen LogP contribution is 2.32. The fraction of sp³-hybridized carbons (Fsp3) is 0.467. The van der Waals surface area contributed by atoms with E-state index in [0.29, 0.717) is 13.2 Å². The molecule has 1 aliphatic heterocycles. The molecule has 0 aliphatic carbocycles. The highest BCUT2D eigenvalue weighted by molar-refractivity contribution is 9.12. The quantitative estimate of drug-likeness (QED) is 0.698. The minimum absolute atomic E-state index is 0.344. The van der Waals surface area contributed by atoms with E-state index in [0.717, 1.165) is 26.8 Å². The van der Waals surface area contributed by atoms with Crippen LogP contribution in [0.3, 0.4) is 0 Å². The maximum Gasteiger partial charge on any atom is 0.185 e. The van der Waals surface area contributed by atoms with Crippen molar-refractivity contribution in [3.05, 3.63) is 46.5 Å². The lowest BCUT2D eigenvalue weighted by molar-refractivity contribution is -0.00943. The van der Waals surface area contributed by atoms with Gasteiger partial charge < -0.3 is 9.47 Å². The maximum absolute atomic E-state index is 5.49. The molecule has 1 rings (SSSR count). The summed E-state index contributed by atoms with van der Waals surface area (Å²) in [4.78, 5) is 0. The van der Waals surface area contributed by atoms with Gasteiger partial charge in [0, 0.05) is 10.1 Å². The Hall–Kier alpha value is -0.640. The monoisotopic (exact) mass is 314 g/mol. The van der Waals surface area contributed by atoms with Gasteiger partial charge in [0.2, 0.25) is 0 Å². The third-order valence-electron chi connectivity index (χ3n) is 2.33. The summed E-state index contributed by atoms with van der Waals surface area (Å²) in [6.07, 6.45) is -0.344. The van der Waals surface area contributed by atoms with Crippen LogP contribution in [-0.4, -0.2) is 19.5 Å². The van der Waals surface area contributed by atoms with Crippen molar-refractivity contribution < 1.29 is 9.47 Å². The maximum atomic E-state index is 5.49. The fourth-order valence-electron chi connectivity index (χ4n) is 1.37. The van der Waals surface area contributed by atoms with Crippen LogP contribution in [0.4, 0.5) is 0 Å². The first kappa shape index (κ1) is 17.4. The molecule has 18 heavy (non-hydrogen) atoms. The Bertz CT molecular complexity index is 361. The van der Waals surface area contributed by atoms with Crippen LogP contribution in [0.15, 0.2) is 46.5 Å². The molecule has 1 heterocycles. The third-order valence-corrected chi connectivity index (χ3v) is 3.24. The van der Waals surface area contributed by atoms with E-state index in [9.17, 15) is 0 Å². The van der Waals surface area contributed by atoms with Crippen molar-refractivity contribution >= 4 is 15.9 Å².